The predicted molar refractivity (Wildman–Crippen MR) is 66.5 cm³/mol. The molecule has 5 nitrogen and oxygen atoms in total. The van der Waals surface area contributed by atoms with E-state index in [0.29, 0.717) is 24.9 Å². The molecular weight excluding hydrogens is 234 g/mol. The molecule has 0 radical (unpaired) electrons. The minimum absolute atomic E-state index is 0.00902. The smallest absolute Gasteiger partial charge is 0.407 e. The van der Waals surface area contributed by atoms with Crippen LogP contribution >= 0.6 is 0 Å². The summed E-state index contributed by atoms with van der Waals surface area (Å²) in [4.78, 5) is 22.9. The van der Waals surface area contributed by atoms with Gasteiger partial charge in [0.2, 0.25) is 0 Å². The van der Waals surface area contributed by atoms with E-state index in [1.165, 1.54) is 12.5 Å². The first-order valence-electron chi connectivity index (χ1n) is 5.91. The van der Waals surface area contributed by atoms with Crippen LogP contribution in [0.1, 0.15) is 44.0 Å². The van der Waals surface area contributed by atoms with Crippen LogP contribution in [0, 0.1) is 0 Å². The lowest BCUT2D eigenvalue weighted by Crippen LogP contribution is -2.33. The number of carbonyl (C=O) groups is 2. The van der Waals surface area contributed by atoms with Gasteiger partial charge in [0.05, 0.1) is 11.8 Å². The molecule has 1 aromatic rings. The molecule has 0 aliphatic rings. The maximum Gasteiger partial charge on any atom is 0.407 e. The molecule has 1 rings (SSSR count). The van der Waals surface area contributed by atoms with Gasteiger partial charge in [0.25, 0.3) is 0 Å². The van der Waals surface area contributed by atoms with E-state index >= 15 is 0 Å². The summed E-state index contributed by atoms with van der Waals surface area (Å²) < 4.78 is 9.89. The number of furan rings is 1. The van der Waals surface area contributed by atoms with Gasteiger partial charge in [0, 0.05) is 13.0 Å². The summed E-state index contributed by atoms with van der Waals surface area (Å²) in [6.07, 6.45) is 3.37. The summed E-state index contributed by atoms with van der Waals surface area (Å²) in [5.41, 5.74) is 0.0590. The van der Waals surface area contributed by atoms with Gasteiger partial charge in [-0.05, 0) is 33.3 Å². The van der Waals surface area contributed by atoms with Crippen LogP contribution in [0.4, 0.5) is 4.79 Å². The summed E-state index contributed by atoms with van der Waals surface area (Å²) in [6, 6.07) is 1.63. The van der Waals surface area contributed by atoms with E-state index in [0.717, 1.165) is 0 Å². The summed E-state index contributed by atoms with van der Waals surface area (Å²) >= 11 is 0. The molecule has 1 N–H and O–H groups in total. The number of hydrogen-bond acceptors (Lipinski definition) is 4. The fourth-order valence-corrected chi connectivity index (χ4v) is 1.32. The van der Waals surface area contributed by atoms with Crippen molar-refractivity contribution in [2.24, 2.45) is 0 Å². The number of hydrogen-bond donors (Lipinski definition) is 1. The van der Waals surface area contributed by atoms with Crippen LogP contribution < -0.4 is 5.32 Å². The van der Waals surface area contributed by atoms with Crippen LogP contribution in [0.3, 0.4) is 0 Å². The van der Waals surface area contributed by atoms with Gasteiger partial charge in [-0.15, -0.1) is 0 Å². The molecule has 100 valence electrons. The fraction of sp³-hybridized carbons (Fsp3) is 0.538. The van der Waals surface area contributed by atoms with Gasteiger partial charge in [0.1, 0.15) is 11.9 Å². The molecule has 18 heavy (non-hydrogen) atoms. The zero-order valence-corrected chi connectivity index (χ0v) is 11.0. The van der Waals surface area contributed by atoms with Crippen molar-refractivity contribution in [3.63, 3.8) is 0 Å². The Hall–Kier alpha value is -1.78. The summed E-state index contributed by atoms with van der Waals surface area (Å²) in [7, 11) is 0. The first kappa shape index (κ1) is 14.3. The molecule has 0 saturated carbocycles. The molecule has 0 atom stereocenters. The Labute approximate surface area is 106 Å². The van der Waals surface area contributed by atoms with Crippen molar-refractivity contribution in [3.8, 4) is 0 Å². The van der Waals surface area contributed by atoms with Gasteiger partial charge in [-0.3, -0.25) is 4.79 Å². The maximum absolute atomic E-state index is 11.6. The van der Waals surface area contributed by atoms with Crippen molar-refractivity contribution in [1.29, 1.82) is 0 Å². The lowest BCUT2D eigenvalue weighted by Gasteiger charge is -2.19. The van der Waals surface area contributed by atoms with Crippen molar-refractivity contribution < 1.29 is 18.7 Å². The fourth-order valence-electron chi connectivity index (χ4n) is 1.32. The molecule has 0 saturated heterocycles. The average Bonchev–Trinajstić information content (AvgIpc) is 2.74. The minimum Gasteiger partial charge on any atom is -0.472 e. The van der Waals surface area contributed by atoms with Gasteiger partial charge in [-0.25, -0.2) is 4.79 Å². The quantitative estimate of drug-likeness (QED) is 0.647. The molecule has 5 heteroatoms. The molecule has 0 aliphatic carbocycles. The lowest BCUT2D eigenvalue weighted by molar-refractivity contribution is 0.0525. The zero-order valence-electron chi connectivity index (χ0n) is 11.0. The number of ketones is 1. The van der Waals surface area contributed by atoms with Crippen LogP contribution in [-0.4, -0.2) is 24.0 Å². The normalized spacial score (nSPS) is 11.1. The average molecular weight is 253 g/mol. The molecular formula is C13H19NO4. The van der Waals surface area contributed by atoms with E-state index in [4.69, 9.17) is 9.15 Å². The maximum atomic E-state index is 11.6. The van der Waals surface area contributed by atoms with Gasteiger partial charge in [-0.2, -0.15) is 0 Å². The van der Waals surface area contributed by atoms with Crippen molar-refractivity contribution in [3.05, 3.63) is 24.2 Å². The number of rotatable bonds is 5. The number of alkyl carbamates (subject to hydrolysis) is 1. The number of amides is 1. The van der Waals surface area contributed by atoms with Crippen LogP contribution in [0.5, 0.6) is 0 Å². The minimum atomic E-state index is -0.503. The van der Waals surface area contributed by atoms with E-state index in [9.17, 15) is 9.59 Å². The molecule has 1 aromatic heterocycles. The van der Waals surface area contributed by atoms with Crippen LogP contribution in [0.15, 0.2) is 23.0 Å². The van der Waals surface area contributed by atoms with Crippen LogP contribution in [-0.2, 0) is 4.74 Å². The highest BCUT2D eigenvalue weighted by Gasteiger charge is 2.15. The molecule has 1 heterocycles. The highest BCUT2D eigenvalue weighted by Crippen LogP contribution is 2.07. The highest BCUT2D eigenvalue weighted by molar-refractivity contribution is 5.95. The Morgan fingerprint density at radius 3 is 2.67 bits per heavy atom. The van der Waals surface area contributed by atoms with E-state index in [2.05, 4.69) is 5.32 Å². The van der Waals surface area contributed by atoms with Crippen molar-refractivity contribution >= 4 is 11.9 Å². The van der Waals surface area contributed by atoms with E-state index in [-0.39, 0.29) is 5.78 Å². The van der Waals surface area contributed by atoms with E-state index < -0.39 is 11.7 Å². The Balaban J connectivity index is 2.16. The molecule has 0 aliphatic heterocycles. The molecule has 0 fully saturated rings. The van der Waals surface area contributed by atoms with Gasteiger partial charge >= 0.3 is 6.09 Å². The first-order valence-corrected chi connectivity index (χ1v) is 5.91. The molecule has 0 aromatic carbocycles. The van der Waals surface area contributed by atoms with Gasteiger partial charge in [0.15, 0.2) is 5.78 Å². The van der Waals surface area contributed by atoms with Crippen molar-refractivity contribution in [2.45, 2.75) is 39.2 Å². The Morgan fingerprint density at radius 1 is 1.39 bits per heavy atom. The zero-order chi connectivity index (χ0) is 13.6. The number of nitrogens with one attached hydrogen (secondary N) is 1. The largest absolute Gasteiger partial charge is 0.472 e. The summed E-state index contributed by atoms with van der Waals surface area (Å²) in [5.74, 6) is 0.00902. The van der Waals surface area contributed by atoms with Crippen LogP contribution in [0.2, 0.25) is 0 Å². The summed E-state index contributed by atoms with van der Waals surface area (Å²) in [6.45, 7) is 5.82. The third-order valence-electron chi connectivity index (χ3n) is 2.09. The standard InChI is InChI=1S/C13H19NO4/c1-13(2,3)18-12(16)14-7-4-5-11(15)10-6-8-17-9-10/h6,8-9H,4-5,7H2,1-3H3,(H,14,16). The van der Waals surface area contributed by atoms with Crippen LogP contribution in [0.25, 0.3) is 0 Å². The third-order valence-corrected chi connectivity index (χ3v) is 2.09. The SMILES string of the molecule is CC(C)(C)OC(=O)NCCCC(=O)c1ccoc1. The van der Waals surface area contributed by atoms with Crippen molar-refractivity contribution in [2.75, 3.05) is 6.54 Å². The molecule has 1 amide bonds. The predicted octanol–water partition coefficient (Wildman–Crippen LogP) is 2.77. The number of Topliss-reactive ketones (excluding diaryl/α,β-unsaturated/α-hetero) is 1. The number of ether oxygens (including phenoxy) is 1. The monoisotopic (exact) mass is 253 g/mol. The number of carbonyl (C=O) groups excluding carboxylic acids is 2. The lowest BCUT2D eigenvalue weighted by atomic mass is 10.1. The molecule has 0 spiro atoms. The summed E-state index contributed by atoms with van der Waals surface area (Å²) in [5, 5.41) is 2.60. The Bertz CT molecular complexity index is 390. The first-order chi connectivity index (χ1) is 8.38. The van der Waals surface area contributed by atoms with Crippen molar-refractivity contribution in [1.82, 2.24) is 5.32 Å². The van der Waals surface area contributed by atoms with E-state index in [1.54, 1.807) is 26.8 Å². The second-order valence-corrected chi connectivity index (χ2v) is 4.97. The Kier molecular flexibility index (Phi) is 4.95. The van der Waals surface area contributed by atoms with Gasteiger partial charge in [-0.1, -0.05) is 0 Å². The highest BCUT2D eigenvalue weighted by atomic mass is 16.6. The second-order valence-electron chi connectivity index (χ2n) is 4.97. The Morgan fingerprint density at radius 2 is 2.11 bits per heavy atom. The third kappa shape index (κ3) is 5.52. The topological polar surface area (TPSA) is 68.5 Å². The second kappa shape index (κ2) is 6.23. The van der Waals surface area contributed by atoms with Gasteiger partial charge < -0.3 is 14.5 Å². The molecule has 0 bridgehead atoms. The van der Waals surface area contributed by atoms with E-state index in [1.807, 2.05) is 0 Å². The molecule has 0 unspecified atom stereocenters.